The number of halogens is 2. The highest BCUT2D eigenvalue weighted by molar-refractivity contribution is 9.10. The van der Waals surface area contributed by atoms with E-state index in [0.29, 0.717) is 18.2 Å². The Bertz CT molecular complexity index is 483. The lowest BCUT2D eigenvalue weighted by Gasteiger charge is -2.22. The van der Waals surface area contributed by atoms with Crippen LogP contribution >= 0.6 is 27.5 Å². The van der Waals surface area contributed by atoms with Crippen LogP contribution in [0.4, 0.5) is 0 Å². The summed E-state index contributed by atoms with van der Waals surface area (Å²) in [7, 11) is 1.43. The van der Waals surface area contributed by atoms with Gasteiger partial charge in [-0.05, 0) is 53.5 Å². The standard InChI is InChI=1S/C14H17BrClNO3/c1-19-14(18)12-3-2-6-17(12)7-8-20-13-5-4-10(16)9-11(13)15/h4-5,9,12H,2-3,6-8H2,1H3. The van der Waals surface area contributed by atoms with Crippen molar-refractivity contribution in [3.8, 4) is 5.75 Å². The first-order valence-corrected chi connectivity index (χ1v) is 7.68. The highest BCUT2D eigenvalue weighted by Gasteiger charge is 2.31. The smallest absolute Gasteiger partial charge is 0.323 e. The number of carbonyl (C=O) groups is 1. The van der Waals surface area contributed by atoms with Crippen LogP contribution in [-0.4, -0.2) is 43.7 Å². The van der Waals surface area contributed by atoms with Crippen molar-refractivity contribution in [1.29, 1.82) is 0 Å². The molecule has 110 valence electrons. The zero-order valence-corrected chi connectivity index (χ0v) is 13.6. The zero-order valence-electron chi connectivity index (χ0n) is 11.3. The van der Waals surface area contributed by atoms with E-state index in [1.165, 1.54) is 7.11 Å². The number of nitrogens with zero attached hydrogens (tertiary/aromatic N) is 1. The van der Waals surface area contributed by atoms with Crippen LogP contribution in [0, 0.1) is 0 Å². The van der Waals surface area contributed by atoms with Gasteiger partial charge in [0.25, 0.3) is 0 Å². The van der Waals surface area contributed by atoms with E-state index in [4.69, 9.17) is 21.1 Å². The molecule has 20 heavy (non-hydrogen) atoms. The molecule has 1 aromatic rings. The third-order valence-corrected chi connectivity index (χ3v) is 4.22. The van der Waals surface area contributed by atoms with Gasteiger partial charge in [0.1, 0.15) is 18.4 Å². The second kappa shape index (κ2) is 7.29. The van der Waals surface area contributed by atoms with E-state index in [-0.39, 0.29) is 12.0 Å². The van der Waals surface area contributed by atoms with E-state index in [2.05, 4.69) is 20.8 Å². The zero-order chi connectivity index (χ0) is 14.5. The molecule has 0 bridgehead atoms. The Hall–Kier alpha value is -0.780. The first-order valence-electron chi connectivity index (χ1n) is 6.51. The predicted octanol–water partition coefficient (Wildman–Crippen LogP) is 3.12. The number of benzene rings is 1. The van der Waals surface area contributed by atoms with Gasteiger partial charge in [0, 0.05) is 11.6 Å². The summed E-state index contributed by atoms with van der Waals surface area (Å²) in [6, 6.07) is 5.28. The molecule has 1 unspecified atom stereocenters. The highest BCUT2D eigenvalue weighted by atomic mass is 79.9. The topological polar surface area (TPSA) is 38.8 Å². The Morgan fingerprint density at radius 3 is 3.05 bits per heavy atom. The molecule has 0 amide bonds. The van der Waals surface area contributed by atoms with E-state index in [1.807, 2.05) is 6.07 Å². The minimum atomic E-state index is -0.157. The number of likely N-dealkylation sites (tertiary alicyclic amines) is 1. The number of carbonyl (C=O) groups excluding carboxylic acids is 1. The van der Waals surface area contributed by atoms with Crippen molar-refractivity contribution in [2.24, 2.45) is 0 Å². The molecule has 1 aliphatic heterocycles. The van der Waals surface area contributed by atoms with Gasteiger partial charge < -0.3 is 9.47 Å². The number of methoxy groups -OCH3 is 1. The van der Waals surface area contributed by atoms with Gasteiger partial charge >= 0.3 is 5.97 Å². The molecular weight excluding hydrogens is 346 g/mol. The largest absolute Gasteiger partial charge is 0.491 e. The molecular formula is C14H17BrClNO3. The van der Waals surface area contributed by atoms with Crippen LogP contribution in [0.25, 0.3) is 0 Å². The van der Waals surface area contributed by atoms with Crippen molar-refractivity contribution < 1.29 is 14.3 Å². The highest BCUT2D eigenvalue weighted by Crippen LogP contribution is 2.28. The molecule has 1 aliphatic rings. The molecule has 0 saturated carbocycles. The molecule has 4 nitrogen and oxygen atoms in total. The normalized spacial score (nSPS) is 19.1. The second-order valence-corrected chi connectivity index (χ2v) is 5.93. The average molecular weight is 363 g/mol. The summed E-state index contributed by atoms with van der Waals surface area (Å²) in [6.07, 6.45) is 1.88. The Labute approximate surface area is 132 Å². The number of ether oxygens (including phenoxy) is 2. The van der Waals surface area contributed by atoms with Gasteiger partial charge in [0.05, 0.1) is 11.6 Å². The molecule has 0 spiro atoms. The van der Waals surface area contributed by atoms with Gasteiger partial charge in [-0.3, -0.25) is 9.69 Å². The van der Waals surface area contributed by atoms with Gasteiger partial charge in [-0.1, -0.05) is 11.6 Å². The van der Waals surface area contributed by atoms with E-state index in [0.717, 1.165) is 29.6 Å². The summed E-state index contributed by atoms with van der Waals surface area (Å²) in [5.74, 6) is 0.596. The van der Waals surface area contributed by atoms with E-state index >= 15 is 0 Å². The Kier molecular flexibility index (Phi) is 5.69. The monoisotopic (exact) mass is 361 g/mol. The predicted molar refractivity (Wildman–Crippen MR) is 81.3 cm³/mol. The van der Waals surface area contributed by atoms with E-state index in [1.54, 1.807) is 12.1 Å². The number of esters is 1. The van der Waals surface area contributed by atoms with Gasteiger partial charge in [0.15, 0.2) is 0 Å². The maximum absolute atomic E-state index is 11.6. The second-order valence-electron chi connectivity index (χ2n) is 4.64. The number of hydrogen-bond donors (Lipinski definition) is 0. The molecule has 0 aliphatic carbocycles. The van der Waals surface area contributed by atoms with Crippen LogP contribution in [0.15, 0.2) is 22.7 Å². The van der Waals surface area contributed by atoms with Crippen LogP contribution in [0.1, 0.15) is 12.8 Å². The lowest BCUT2D eigenvalue weighted by atomic mass is 10.2. The molecule has 0 aromatic heterocycles. The lowest BCUT2D eigenvalue weighted by Crippen LogP contribution is -2.39. The van der Waals surface area contributed by atoms with Crippen molar-refractivity contribution >= 4 is 33.5 Å². The Morgan fingerprint density at radius 2 is 2.35 bits per heavy atom. The first kappa shape index (κ1) is 15.6. The Morgan fingerprint density at radius 1 is 1.55 bits per heavy atom. The molecule has 1 heterocycles. The SMILES string of the molecule is COC(=O)C1CCCN1CCOc1ccc(Cl)cc1Br. The van der Waals surface area contributed by atoms with Crippen LogP contribution in [0.2, 0.25) is 5.02 Å². The quantitative estimate of drug-likeness (QED) is 0.755. The van der Waals surface area contributed by atoms with Gasteiger partial charge in [-0.15, -0.1) is 0 Å². The number of rotatable bonds is 5. The molecule has 2 rings (SSSR count). The van der Waals surface area contributed by atoms with Crippen molar-refractivity contribution in [2.75, 3.05) is 26.8 Å². The van der Waals surface area contributed by atoms with Crippen molar-refractivity contribution in [3.05, 3.63) is 27.7 Å². The summed E-state index contributed by atoms with van der Waals surface area (Å²) in [5, 5.41) is 0.662. The first-order chi connectivity index (χ1) is 9.61. The molecule has 1 atom stereocenters. The maximum Gasteiger partial charge on any atom is 0.323 e. The van der Waals surface area contributed by atoms with E-state index < -0.39 is 0 Å². The van der Waals surface area contributed by atoms with Gasteiger partial charge in [0.2, 0.25) is 0 Å². The molecule has 0 N–H and O–H groups in total. The summed E-state index contributed by atoms with van der Waals surface area (Å²) in [4.78, 5) is 13.7. The van der Waals surface area contributed by atoms with Crippen LogP contribution < -0.4 is 4.74 Å². The van der Waals surface area contributed by atoms with Gasteiger partial charge in [-0.25, -0.2) is 0 Å². The third kappa shape index (κ3) is 3.87. The van der Waals surface area contributed by atoms with Crippen LogP contribution in [-0.2, 0) is 9.53 Å². The van der Waals surface area contributed by atoms with Crippen LogP contribution in [0.3, 0.4) is 0 Å². The fourth-order valence-electron chi connectivity index (χ4n) is 2.36. The van der Waals surface area contributed by atoms with Crippen molar-refractivity contribution in [1.82, 2.24) is 4.90 Å². The third-order valence-electron chi connectivity index (χ3n) is 3.37. The fraction of sp³-hybridized carbons (Fsp3) is 0.500. The molecule has 1 aromatic carbocycles. The fourth-order valence-corrected chi connectivity index (χ4v) is 3.16. The lowest BCUT2D eigenvalue weighted by molar-refractivity contribution is -0.145. The molecule has 1 fully saturated rings. The maximum atomic E-state index is 11.6. The minimum absolute atomic E-state index is 0.128. The molecule has 1 saturated heterocycles. The molecule has 0 radical (unpaired) electrons. The summed E-state index contributed by atoms with van der Waals surface area (Å²) in [5.41, 5.74) is 0. The Balaban J connectivity index is 1.84. The van der Waals surface area contributed by atoms with Crippen LogP contribution in [0.5, 0.6) is 5.75 Å². The van der Waals surface area contributed by atoms with Crippen molar-refractivity contribution in [2.45, 2.75) is 18.9 Å². The molecule has 6 heteroatoms. The minimum Gasteiger partial charge on any atom is -0.491 e. The number of hydrogen-bond acceptors (Lipinski definition) is 4. The summed E-state index contributed by atoms with van der Waals surface area (Å²) >= 11 is 9.29. The summed E-state index contributed by atoms with van der Waals surface area (Å²) < 4.78 is 11.4. The summed E-state index contributed by atoms with van der Waals surface area (Å²) in [6.45, 7) is 2.13. The average Bonchev–Trinajstić information content (AvgIpc) is 2.89. The van der Waals surface area contributed by atoms with E-state index in [9.17, 15) is 4.79 Å². The van der Waals surface area contributed by atoms with Gasteiger partial charge in [-0.2, -0.15) is 0 Å². The van der Waals surface area contributed by atoms with Crippen molar-refractivity contribution in [3.63, 3.8) is 0 Å².